The van der Waals surface area contributed by atoms with Gasteiger partial charge in [-0.2, -0.15) is 4.31 Å². The highest BCUT2D eigenvalue weighted by atomic mass is 32.2. The number of nitrogens with zero attached hydrogens (tertiary/aromatic N) is 1. The number of benzene rings is 1. The molecule has 1 aromatic carbocycles. The quantitative estimate of drug-likeness (QED) is 0.836. The molecule has 2 rings (SSSR count). The molecule has 0 aromatic heterocycles. The van der Waals surface area contributed by atoms with E-state index in [2.05, 4.69) is 0 Å². The highest BCUT2D eigenvalue weighted by Gasteiger charge is 2.36. The van der Waals surface area contributed by atoms with E-state index in [4.69, 9.17) is 5.73 Å². The van der Waals surface area contributed by atoms with E-state index in [1.54, 1.807) is 6.07 Å². The van der Waals surface area contributed by atoms with Gasteiger partial charge in [0.05, 0.1) is 4.90 Å². The smallest absolute Gasteiger partial charge is 0.243 e. The van der Waals surface area contributed by atoms with Crippen molar-refractivity contribution < 1.29 is 18.0 Å². The van der Waals surface area contributed by atoms with Crippen molar-refractivity contribution >= 4 is 21.7 Å². The lowest BCUT2D eigenvalue weighted by atomic mass is 10.0. The van der Waals surface area contributed by atoms with Gasteiger partial charge in [0, 0.05) is 12.1 Å². The molecule has 2 N–H and O–H groups in total. The summed E-state index contributed by atoms with van der Waals surface area (Å²) in [7, 11) is -3.83. The number of primary amides is 1. The van der Waals surface area contributed by atoms with E-state index >= 15 is 0 Å². The number of hydrogen-bond acceptors (Lipinski definition) is 4. The molecule has 0 unspecified atom stereocenters. The molecular weight excluding hydrogens is 292 g/mol. The topological polar surface area (TPSA) is 97.5 Å². The van der Waals surface area contributed by atoms with Gasteiger partial charge in [0.2, 0.25) is 15.9 Å². The number of nitrogens with two attached hydrogens (primary N) is 1. The first-order valence-electron chi connectivity index (χ1n) is 6.76. The Bertz CT molecular complexity index is 669. The van der Waals surface area contributed by atoms with Crippen molar-refractivity contribution in [3.63, 3.8) is 0 Å². The molecule has 114 valence electrons. The van der Waals surface area contributed by atoms with E-state index in [9.17, 15) is 18.0 Å². The maximum Gasteiger partial charge on any atom is 0.243 e. The summed E-state index contributed by atoms with van der Waals surface area (Å²) in [5.74, 6) is -0.849. The number of carbonyl (C=O) groups excluding carboxylic acids is 2. The van der Waals surface area contributed by atoms with E-state index in [1.807, 2.05) is 0 Å². The average Bonchev–Trinajstić information content (AvgIpc) is 2.47. The van der Waals surface area contributed by atoms with E-state index < -0.39 is 22.0 Å². The highest BCUT2D eigenvalue weighted by molar-refractivity contribution is 7.89. The molecule has 1 aliphatic rings. The zero-order valence-corrected chi connectivity index (χ0v) is 12.6. The van der Waals surface area contributed by atoms with E-state index in [1.165, 1.54) is 25.1 Å². The first-order chi connectivity index (χ1) is 9.84. The van der Waals surface area contributed by atoms with E-state index in [0.29, 0.717) is 18.4 Å². The van der Waals surface area contributed by atoms with Crippen LogP contribution in [0.3, 0.4) is 0 Å². The van der Waals surface area contributed by atoms with Crippen molar-refractivity contribution in [3.05, 3.63) is 29.8 Å². The molecule has 1 aliphatic heterocycles. The summed E-state index contributed by atoms with van der Waals surface area (Å²) in [6, 6.07) is 5.03. The number of rotatable bonds is 4. The summed E-state index contributed by atoms with van der Waals surface area (Å²) in [5.41, 5.74) is 5.63. The van der Waals surface area contributed by atoms with Gasteiger partial charge >= 0.3 is 0 Å². The Balaban J connectivity index is 2.43. The molecular formula is C14H18N2O4S. The van der Waals surface area contributed by atoms with Gasteiger partial charge in [0.15, 0.2) is 5.78 Å². The molecule has 0 bridgehead atoms. The molecule has 1 saturated heterocycles. The second-order valence-electron chi connectivity index (χ2n) is 5.11. The molecule has 0 aliphatic carbocycles. The number of hydrogen-bond donors (Lipinski definition) is 1. The minimum atomic E-state index is -3.83. The summed E-state index contributed by atoms with van der Waals surface area (Å²) in [6.45, 7) is 1.64. The number of sulfonamides is 1. The summed E-state index contributed by atoms with van der Waals surface area (Å²) < 4.78 is 26.5. The van der Waals surface area contributed by atoms with Crippen molar-refractivity contribution in [1.82, 2.24) is 4.31 Å². The fraction of sp³-hybridized carbons (Fsp3) is 0.429. The number of Topliss-reactive ketones (excluding diaryl/α,β-unsaturated/α-hetero) is 1. The lowest BCUT2D eigenvalue weighted by Gasteiger charge is -2.32. The van der Waals surface area contributed by atoms with Gasteiger partial charge in [-0.25, -0.2) is 8.42 Å². The first kappa shape index (κ1) is 15.7. The standard InChI is InChI=1S/C14H18N2O4S/c1-10(17)11-5-4-6-12(9-11)21(19,20)16-8-3-2-7-13(16)14(15)18/h4-6,9,13H,2-3,7-8H2,1H3,(H2,15,18)/t13-/m1/s1. The third kappa shape index (κ3) is 3.14. The van der Waals surface area contributed by atoms with Crippen molar-refractivity contribution in [3.8, 4) is 0 Å². The predicted octanol–water partition coefficient (Wildman–Crippen LogP) is 0.918. The predicted molar refractivity (Wildman–Crippen MR) is 77.2 cm³/mol. The monoisotopic (exact) mass is 310 g/mol. The number of carbonyl (C=O) groups is 2. The second kappa shape index (κ2) is 5.95. The zero-order valence-electron chi connectivity index (χ0n) is 11.8. The second-order valence-corrected chi connectivity index (χ2v) is 7.00. The van der Waals surface area contributed by atoms with Crippen molar-refractivity contribution in [2.75, 3.05) is 6.54 Å². The largest absolute Gasteiger partial charge is 0.368 e. The maximum atomic E-state index is 12.7. The van der Waals surface area contributed by atoms with Crippen LogP contribution in [0.4, 0.5) is 0 Å². The Morgan fingerprint density at radius 2 is 2.00 bits per heavy atom. The minimum absolute atomic E-state index is 0.0170. The average molecular weight is 310 g/mol. The van der Waals surface area contributed by atoms with Crippen LogP contribution in [0.2, 0.25) is 0 Å². The van der Waals surface area contributed by atoms with Crippen LogP contribution in [0.15, 0.2) is 29.2 Å². The molecule has 1 amide bonds. The maximum absolute atomic E-state index is 12.7. The highest BCUT2D eigenvalue weighted by Crippen LogP contribution is 2.25. The van der Waals surface area contributed by atoms with Gasteiger partial charge in [-0.3, -0.25) is 9.59 Å². The van der Waals surface area contributed by atoms with Crippen molar-refractivity contribution in [1.29, 1.82) is 0 Å². The lowest BCUT2D eigenvalue weighted by molar-refractivity contribution is -0.122. The van der Waals surface area contributed by atoms with Gasteiger partial charge in [0.1, 0.15) is 6.04 Å². The fourth-order valence-electron chi connectivity index (χ4n) is 2.49. The van der Waals surface area contributed by atoms with Crippen LogP contribution in [-0.2, 0) is 14.8 Å². The normalized spacial score (nSPS) is 20.1. The van der Waals surface area contributed by atoms with Crippen LogP contribution < -0.4 is 5.73 Å². The third-order valence-electron chi connectivity index (χ3n) is 3.63. The zero-order chi connectivity index (χ0) is 15.6. The van der Waals surface area contributed by atoms with Crippen LogP contribution >= 0.6 is 0 Å². The SMILES string of the molecule is CC(=O)c1cccc(S(=O)(=O)N2CCCC[C@@H]2C(N)=O)c1. The van der Waals surface area contributed by atoms with Crippen LogP contribution in [-0.4, -0.2) is 37.0 Å². The number of piperidine rings is 1. The Hall–Kier alpha value is -1.73. The molecule has 21 heavy (non-hydrogen) atoms. The van der Waals surface area contributed by atoms with Crippen LogP contribution in [0.25, 0.3) is 0 Å². The van der Waals surface area contributed by atoms with E-state index in [-0.39, 0.29) is 17.2 Å². The third-order valence-corrected chi connectivity index (χ3v) is 5.53. The Kier molecular flexibility index (Phi) is 4.43. The fourth-order valence-corrected chi connectivity index (χ4v) is 4.20. The summed E-state index contributed by atoms with van der Waals surface area (Å²) in [4.78, 5) is 22.9. The molecule has 7 heteroatoms. The van der Waals surface area contributed by atoms with Crippen LogP contribution in [0.5, 0.6) is 0 Å². The molecule has 0 radical (unpaired) electrons. The van der Waals surface area contributed by atoms with Crippen molar-refractivity contribution in [2.45, 2.75) is 37.1 Å². The molecule has 1 atom stereocenters. The van der Waals surface area contributed by atoms with Gasteiger partial charge in [-0.1, -0.05) is 18.6 Å². The van der Waals surface area contributed by atoms with Gasteiger partial charge in [-0.05, 0) is 31.9 Å². The van der Waals surface area contributed by atoms with Gasteiger partial charge < -0.3 is 5.73 Å². The molecule has 1 heterocycles. The molecule has 1 fully saturated rings. The molecule has 6 nitrogen and oxygen atoms in total. The molecule has 0 saturated carbocycles. The van der Waals surface area contributed by atoms with E-state index in [0.717, 1.165) is 10.7 Å². The molecule has 0 spiro atoms. The Morgan fingerprint density at radius 3 is 2.62 bits per heavy atom. The number of amides is 1. The van der Waals surface area contributed by atoms with Crippen LogP contribution in [0, 0.1) is 0 Å². The summed E-state index contributed by atoms with van der Waals surface area (Å²) in [6.07, 6.45) is 1.89. The van der Waals surface area contributed by atoms with Gasteiger partial charge in [-0.15, -0.1) is 0 Å². The lowest BCUT2D eigenvalue weighted by Crippen LogP contribution is -2.50. The Morgan fingerprint density at radius 1 is 1.29 bits per heavy atom. The van der Waals surface area contributed by atoms with Gasteiger partial charge in [0.25, 0.3) is 0 Å². The summed E-state index contributed by atoms with van der Waals surface area (Å²) >= 11 is 0. The summed E-state index contributed by atoms with van der Waals surface area (Å²) in [5, 5.41) is 0. The van der Waals surface area contributed by atoms with Crippen molar-refractivity contribution in [2.24, 2.45) is 5.73 Å². The van der Waals surface area contributed by atoms with Crippen LogP contribution in [0.1, 0.15) is 36.5 Å². The molecule has 1 aromatic rings. The number of ketones is 1. The Labute approximate surface area is 124 Å². The first-order valence-corrected chi connectivity index (χ1v) is 8.20. The minimum Gasteiger partial charge on any atom is -0.368 e.